The van der Waals surface area contributed by atoms with Crippen molar-refractivity contribution in [3.63, 3.8) is 0 Å². The van der Waals surface area contributed by atoms with E-state index in [-0.39, 0.29) is 12.6 Å². The smallest absolute Gasteiger partial charge is 0.252 e. The summed E-state index contributed by atoms with van der Waals surface area (Å²) in [6.45, 7) is 4.25. The van der Waals surface area contributed by atoms with Crippen molar-refractivity contribution >= 4 is 21.4 Å². The van der Waals surface area contributed by atoms with Gasteiger partial charge in [0.1, 0.15) is 4.21 Å². The average molecular weight is 331 g/mol. The summed E-state index contributed by atoms with van der Waals surface area (Å²) in [7, 11) is -1.38. The number of β-amino-alcohol motifs (C(OH)–C–C–N with tert-alkyl or cyclic N) is 1. The van der Waals surface area contributed by atoms with Crippen molar-refractivity contribution in [3.05, 3.63) is 17.5 Å². The van der Waals surface area contributed by atoms with Gasteiger partial charge in [0.05, 0.1) is 12.1 Å². The van der Waals surface area contributed by atoms with E-state index in [1.165, 1.54) is 15.6 Å². The normalized spacial score (nSPS) is 30.0. The third-order valence-corrected chi connectivity index (χ3v) is 7.53. The number of hydrogen-bond acceptors (Lipinski definition) is 6. The fourth-order valence-electron chi connectivity index (χ4n) is 2.98. The second-order valence-electron chi connectivity index (χ2n) is 5.73. The fourth-order valence-corrected chi connectivity index (χ4v) is 5.60. The first-order valence-corrected chi connectivity index (χ1v) is 9.45. The van der Waals surface area contributed by atoms with Gasteiger partial charge in [-0.2, -0.15) is 4.31 Å². The lowest BCUT2D eigenvalue weighted by Gasteiger charge is -2.37. The van der Waals surface area contributed by atoms with Gasteiger partial charge in [0.25, 0.3) is 10.0 Å². The van der Waals surface area contributed by atoms with Gasteiger partial charge in [-0.25, -0.2) is 8.42 Å². The van der Waals surface area contributed by atoms with Gasteiger partial charge < -0.3 is 10.0 Å². The summed E-state index contributed by atoms with van der Waals surface area (Å²) in [4.78, 5) is 4.46. The van der Waals surface area contributed by atoms with Crippen LogP contribution in [0.3, 0.4) is 0 Å². The van der Waals surface area contributed by atoms with Gasteiger partial charge >= 0.3 is 0 Å². The van der Waals surface area contributed by atoms with E-state index in [2.05, 4.69) is 16.8 Å². The molecule has 2 aliphatic rings. The number of hydrogen-bond donors (Lipinski definition) is 1. The van der Waals surface area contributed by atoms with Crippen molar-refractivity contribution in [1.29, 1.82) is 0 Å². The number of aliphatic hydroxyl groups excluding tert-OH is 1. The van der Waals surface area contributed by atoms with Crippen LogP contribution in [0.2, 0.25) is 0 Å². The molecule has 0 amide bonds. The Morgan fingerprint density at radius 2 is 1.95 bits per heavy atom. The topological polar surface area (TPSA) is 64.1 Å². The van der Waals surface area contributed by atoms with Gasteiger partial charge in [-0.3, -0.25) is 4.90 Å². The molecule has 0 spiro atoms. The standard InChI is InChI=1S/C13H21N3O3S2/c1-14-4-6-15(7-5-14)11-9-16(10-12(11)17)21(18,19)13-3-2-8-20-13/h2-3,8,11-12,17H,4-7,9-10H2,1H3/t11-,12-/m1/s1. The molecular weight excluding hydrogens is 310 g/mol. The maximum Gasteiger partial charge on any atom is 0.252 e. The van der Waals surface area contributed by atoms with Crippen molar-refractivity contribution in [2.24, 2.45) is 0 Å². The van der Waals surface area contributed by atoms with Gasteiger partial charge in [0.15, 0.2) is 0 Å². The molecule has 0 bridgehead atoms. The van der Waals surface area contributed by atoms with Crippen molar-refractivity contribution in [2.75, 3.05) is 46.3 Å². The van der Waals surface area contributed by atoms with Crippen LogP contribution in [0.15, 0.2) is 21.7 Å². The molecule has 0 saturated carbocycles. The van der Waals surface area contributed by atoms with Crippen LogP contribution in [0.25, 0.3) is 0 Å². The summed E-state index contributed by atoms with van der Waals surface area (Å²) in [6, 6.07) is 3.27. The maximum absolute atomic E-state index is 12.5. The number of sulfonamides is 1. The minimum absolute atomic E-state index is 0.0894. The lowest BCUT2D eigenvalue weighted by molar-refractivity contribution is 0.0512. The first kappa shape index (κ1) is 15.4. The number of likely N-dealkylation sites (N-methyl/N-ethyl adjacent to an activating group) is 1. The highest BCUT2D eigenvalue weighted by Crippen LogP contribution is 2.27. The molecule has 1 aromatic rings. The lowest BCUT2D eigenvalue weighted by Crippen LogP contribution is -2.52. The van der Waals surface area contributed by atoms with Crippen molar-refractivity contribution < 1.29 is 13.5 Å². The molecule has 2 aliphatic heterocycles. The monoisotopic (exact) mass is 331 g/mol. The number of rotatable bonds is 3. The zero-order valence-corrected chi connectivity index (χ0v) is 13.7. The molecule has 2 fully saturated rings. The molecule has 0 aliphatic carbocycles. The van der Waals surface area contributed by atoms with Crippen molar-refractivity contribution in [3.8, 4) is 0 Å². The van der Waals surface area contributed by atoms with E-state index < -0.39 is 16.1 Å². The Bertz CT molecular complexity index is 567. The Balaban J connectivity index is 1.71. The summed E-state index contributed by atoms with van der Waals surface area (Å²) in [5, 5.41) is 12.0. The quantitative estimate of drug-likeness (QED) is 0.826. The van der Waals surface area contributed by atoms with Crippen LogP contribution in [0, 0.1) is 0 Å². The predicted octanol–water partition coefficient (Wildman–Crippen LogP) is -0.271. The minimum atomic E-state index is -3.46. The van der Waals surface area contributed by atoms with E-state index in [1.807, 2.05) is 0 Å². The molecule has 8 heteroatoms. The van der Waals surface area contributed by atoms with Gasteiger partial charge in [-0.05, 0) is 18.5 Å². The van der Waals surface area contributed by atoms with Crippen LogP contribution in [-0.4, -0.2) is 86.1 Å². The van der Waals surface area contributed by atoms with E-state index in [1.54, 1.807) is 17.5 Å². The zero-order chi connectivity index (χ0) is 15.0. The highest BCUT2D eigenvalue weighted by Gasteiger charge is 2.41. The number of aliphatic hydroxyl groups is 1. The van der Waals surface area contributed by atoms with Crippen molar-refractivity contribution in [2.45, 2.75) is 16.4 Å². The van der Waals surface area contributed by atoms with Crippen LogP contribution in [0.5, 0.6) is 0 Å². The molecule has 21 heavy (non-hydrogen) atoms. The molecule has 6 nitrogen and oxygen atoms in total. The van der Waals surface area contributed by atoms with Gasteiger partial charge in [0.2, 0.25) is 0 Å². The molecule has 1 N–H and O–H groups in total. The summed E-state index contributed by atoms with van der Waals surface area (Å²) in [5.41, 5.74) is 0. The molecule has 2 atom stereocenters. The van der Waals surface area contributed by atoms with E-state index in [9.17, 15) is 13.5 Å². The SMILES string of the molecule is CN1CCN([C@@H]2CN(S(=O)(=O)c3cccs3)C[C@H]2O)CC1. The molecule has 0 radical (unpaired) electrons. The highest BCUT2D eigenvalue weighted by atomic mass is 32.2. The highest BCUT2D eigenvalue weighted by molar-refractivity contribution is 7.91. The number of thiophene rings is 1. The van der Waals surface area contributed by atoms with Crippen LogP contribution < -0.4 is 0 Å². The number of nitrogens with zero attached hydrogens (tertiary/aromatic N) is 3. The Hall–Kier alpha value is -0.510. The molecule has 0 unspecified atom stereocenters. The molecule has 3 heterocycles. The van der Waals surface area contributed by atoms with Crippen LogP contribution in [-0.2, 0) is 10.0 Å². The molecule has 118 valence electrons. The van der Waals surface area contributed by atoms with Crippen molar-refractivity contribution in [1.82, 2.24) is 14.1 Å². The third-order valence-electron chi connectivity index (χ3n) is 4.32. The first-order chi connectivity index (χ1) is 9.98. The second-order valence-corrected chi connectivity index (χ2v) is 8.84. The summed E-state index contributed by atoms with van der Waals surface area (Å²) in [5.74, 6) is 0. The minimum Gasteiger partial charge on any atom is -0.390 e. The van der Waals surface area contributed by atoms with Crippen LogP contribution in [0.4, 0.5) is 0 Å². The molecule has 3 rings (SSSR count). The first-order valence-electron chi connectivity index (χ1n) is 7.13. The largest absolute Gasteiger partial charge is 0.390 e. The third kappa shape index (κ3) is 3.01. The van der Waals surface area contributed by atoms with Gasteiger partial charge in [0, 0.05) is 39.3 Å². The average Bonchev–Trinajstić information content (AvgIpc) is 3.09. The fraction of sp³-hybridized carbons (Fsp3) is 0.692. The summed E-state index contributed by atoms with van der Waals surface area (Å²) >= 11 is 1.22. The molecule has 2 saturated heterocycles. The van der Waals surface area contributed by atoms with Crippen LogP contribution >= 0.6 is 11.3 Å². The Morgan fingerprint density at radius 3 is 2.57 bits per heavy atom. The Morgan fingerprint density at radius 1 is 1.24 bits per heavy atom. The van der Waals surface area contributed by atoms with Gasteiger partial charge in [-0.15, -0.1) is 11.3 Å². The van der Waals surface area contributed by atoms with E-state index in [0.29, 0.717) is 10.8 Å². The lowest BCUT2D eigenvalue weighted by atomic mass is 10.1. The maximum atomic E-state index is 12.5. The van der Waals surface area contributed by atoms with Gasteiger partial charge in [-0.1, -0.05) is 6.07 Å². The zero-order valence-electron chi connectivity index (χ0n) is 12.1. The van der Waals surface area contributed by atoms with E-state index in [0.717, 1.165) is 26.2 Å². The molecule has 1 aromatic heterocycles. The molecule has 0 aromatic carbocycles. The second kappa shape index (κ2) is 5.94. The predicted molar refractivity (Wildman–Crippen MR) is 81.9 cm³/mol. The van der Waals surface area contributed by atoms with E-state index >= 15 is 0 Å². The Kier molecular flexibility index (Phi) is 4.35. The number of piperazine rings is 1. The molecular formula is C13H21N3O3S2. The summed E-state index contributed by atoms with van der Waals surface area (Å²) < 4.78 is 26.8. The Labute approximate surface area is 129 Å². The summed E-state index contributed by atoms with van der Waals surface area (Å²) in [6.07, 6.45) is -0.608. The van der Waals surface area contributed by atoms with E-state index in [4.69, 9.17) is 0 Å². The van der Waals surface area contributed by atoms with Crippen LogP contribution in [0.1, 0.15) is 0 Å².